The molecule has 192 valence electrons. The average molecular weight is 502 g/mol. The molecule has 0 bridgehead atoms. The van der Waals surface area contributed by atoms with Crippen LogP contribution in [0.25, 0.3) is 0 Å². The van der Waals surface area contributed by atoms with Gasteiger partial charge in [0.2, 0.25) is 21.8 Å². The average Bonchev–Trinajstić information content (AvgIpc) is 2.75. The maximum Gasteiger partial charge on any atom is 0.242 e. The fraction of sp³-hybridized carbons (Fsp3) is 0.481. The molecule has 1 N–H and O–H groups in total. The summed E-state index contributed by atoms with van der Waals surface area (Å²) in [5.41, 5.74) is 4.54. The summed E-state index contributed by atoms with van der Waals surface area (Å²) in [6, 6.07) is 12.7. The van der Waals surface area contributed by atoms with Gasteiger partial charge in [0.05, 0.1) is 11.9 Å². The van der Waals surface area contributed by atoms with Crippen LogP contribution in [0, 0.1) is 20.8 Å². The Labute approximate surface area is 210 Å². The summed E-state index contributed by atoms with van der Waals surface area (Å²) in [6.07, 6.45) is 1.64. The van der Waals surface area contributed by atoms with Crippen LogP contribution in [0.5, 0.6) is 0 Å². The molecule has 0 aliphatic heterocycles. The Balaban J connectivity index is 2.21. The minimum atomic E-state index is -3.53. The van der Waals surface area contributed by atoms with Gasteiger partial charge >= 0.3 is 0 Å². The topological polar surface area (TPSA) is 86.8 Å². The highest BCUT2D eigenvalue weighted by atomic mass is 32.2. The molecule has 0 aliphatic carbocycles. The van der Waals surface area contributed by atoms with E-state index in [2.05, 4.69) is 5.32 Å². The highest BCUT2D eigenvalue weighted by molar-refractivity contribution is 7.92. The van der Waals surface area contributed by atoms with Crippen molar-refractivity contribution in [3.63, 3.8) is 0 Å². The van der Waals surface area contributed by atoms with E-state index in [0.717, 1.165) is 22.3 Å². The van der Waals surface area contributed by atoms with Gasteiger partial charge in [0.15, 0.2) is 0 Å². The largest absolute Gasteiger partial charge is 0.352 e. The Morgan fingerprint density at radius 1 is 1.00 bits per heavy atom. The second-order valence-corrected chi connectivity index (χ2v) is 11.4. The maximum absolute atomic E-state index is 13.3. The number of hydrogen-bond acceptors (Lipinski definition) is 4. The number of anilines is 1. The molecule has 2 rings (SSSR count). The molecule has 0 saturated heterocycles. The quantitative estimate of drug-likeness (QED) is 0.502. The second kappa shape index (κ2) is 12.2. The normalized spacial score (nSPS) is 12.3. The second-order valence-electron chi connectivity index (χ2n) is 9.51. The number of nitrogens with zero attached hydrogens (tertiary/aromatic N) is 2. The molecule has 0 spiro atoms. The van der Waals surface area contributed by atoms with Gasteiger partial charge in [-0.15, -0.1) is 0 Å². The Morgan fingerprint density at radius 3 is 2.26 bits per heavy atom. The van der Waals surface area contributed by atoms with E-state index in [1.54, 1.807) is 17.9 Å². The lowest BCUT2D eigenvalue weighted by atomic mass is 10.1. The molecule has 0 heterocycles. The van der Waals surface area contributed by atoms with Crippen LogP contribution < -0.4 is 9.62 Å². The zero-order chi connectivity index (χ0) is 26.3. The summed E-state index contributed by atoms with van der Waals surface area (Å²) in [7, 11) is -3.53. The molecule has 7 nitrogen and oxygen atoms in total. The van der Waals surface area contributed by atoms with Crippen molar-refractivity contribution in [3.05, 3.63) is 64.7 Å². The zero-order valence-electron chi connectivity index (χ0n) is 22.0. The van der Waals surface area contributed by atoms with Crippen LogP contribution in [0.2, 0.25) is 0 Å². The number of amides is 2. The molecule has 0 aliphatic rings. The number of sulfonamides is 1. The van der Waals surface area contributed by atoms with Crippen molar-refractivity contribution in [1.82, 2.24) is 10.2 Å². The lowest BCUT2D eigenvalue weighted by Gasteiger charge is -2.30. The summed E-state index contributed by atoms with van der Waals surface area (Å²) in [5, 5.41) is 2.88. The monoisotopic (exact) mass is 501 g/mol. The first kappa shape index (κ1) is 28.4. The molecule has 35 heavy (non-hydrogen) atoms. The standard InChI is InChI=1S/C27H39N3O4S/c1-19(2)28-27(32)23(6)29(18-24-13-8-11-20(3)17-24)26(31)15-10-16-30(35(7,33)34)25-14-9-12-21(4)22(25)5/h8-9,11-14,17,19,23H,10,15-16,18H2,1-7H3,(H,28,32). The maximum atomic E-state index is 13.3. The van der Waals surface area contributed by atoms with Gasteiger partial charge in [0, 0.05) is 25.6 Å². The van der Waals surface area contributed by atoms with Gasteiger partial charge in [0.1, 0.15) is 6.04 Å². The molecule has 8 heteroatoms. The van der Waals surface area contributed by atoms with E-state index in [1.807, 2.05) is 71.0 Å². The van der Waals surface area contributed by atoms with Crippen molar-refractivity contribution >= 4 is 27.5 Å². The Morgan fingerprint density at radius 2 is 1.66 bits per heavy atom. The molecule has 0 aromatic heterocycles. The third-order valence-corrected chi connectivity index (χ3v) is 7.21. The number of aryl methyl sites for hydroxylation is 2. The minimum Gasteiger partial charge on any atom is -0.352 e. The lowest BCUT2D eigenvalue weighted by molar-refractivity contribution is -0.140. The zero-order valence-corrected chi connectivity index (χ0v) is 22.8. The van der Waals surface area contributed by atoms with Crippen LogP contribution >= 0.6 is 0 Å². The molecular weight excluding hydrogens is 462 g/mol. The van der Waals surface area contributed by atoms with Gasteiger partial charge in [-0.2, -0.15) is 0 Å². The Hall–Kier alpha value is -2.87. The van der Waals surface area contributed by atoms with Crippen LogP contribution in [0.3, 0.4) is 0 Å². The molecule has 1 unspecified atom stereocenters. The first-order chi connectivity index (χ1) is 16.3. The summed E-state index contributed by atoms with van der Waals surface area (Å²) in [5.74, 6) is -0.401. The van der Waals surface area contributed by atoms with Crippen molar-refractivity contribution in [2.75, 3.05) is 17.1 Å². The fourth-order valence-electron chi connectivity index (χ4n) is 3.98. The van der Waals surface area contributed by atoms with Crippen molar-refractivity contribution in [2.45, 2.75) is 73.0 Å². The fourth-order valence-corrected chi connectivity index (χ4v) is 5.00. The number of hydrogen-bond donors (Lipinski definition) is 1. The smallest absolute Gasteiger partial charge is 0.242 e. The molecule has 2 aromatic rings. The van der Waals surface area contributed by atoms with Crippen LogP contribution in [-0.4, -0.2) is 50.0 Å². The van der Waals surface area contributed by atoms with Crippen LogP contribution in [-0.2, 0) is 26.2 Å². The van der Waals surface area contributed by atoms with Gasteiger partial charge < -0.3 is 10.2 Å². The minimum absolute atomic E-state index is 0.0400. The molecule has 0 radical (unpaired) electrons. The summed E-state index contributed by atoms with van der Waals surface area (Å²) in [6.45, 7) is 11.8. The van der Waals surface area contributed by atoms with Gasteiger partial charge in [-0.1, -0.05) is 42.0 Å². The van der Waals surface area contributed by atoms with E-state index in [0.29, 0.717) is 18.7 Å². The summed E-state index contributed by atoms with van der Waals surface area (Å²) in [4.78, 5) is 27.6. The van der Waals surface area contributed by atoms with Crippen LogP contribution in [0.4, 0.5) is 5.69 Å². The predicted molar refractivity (Wildman–Crippen MR) is 142 cm³/mol. The number of benzene rings is 2. The molecule has 1 atom stereocenters. The first-order valence-electron chi connectivity index (χ1n) is 12.0. The van der Waals surface area contributed by atoms with E-state index >= 15 is 0 Å². The molecule has 0 saturated carbocycles. The Bertz CT molecular complexity index is 1140. The van der Waals surface area contributed by atoms with Gasteiger partial charge in [-0.3, -0.25) is 13.9 Å². The number of rotatable bonds is 11. The molecule has 0 fully saturated rings. The summed E-state index contributed by atoms with van der Waals surface area (Å²) < 4.78 is 26.5. The summed E-state index contributed by atoms with van der Waals surface area (Å²) >= 11 is 0. The Kier molecular flexibility index (Phi) is 9.89. The van der Waals surface area contributed by atoms with Gasteiger partial charge in [-0.05, 0) is 70.7 Å². The van der Waals surface area contributed by atoms with E-state index in [1.165, 1.54) is 10.6 Å². The van der Waals surface area contributed by atoms with E-state index < -0.39 is 16.1 Å². The van der Waals surface area contributed by atoms with E-state index in [9.17, 15) is 18.0 Å². The molecule has 2 amide bonds. The van der Waals surface area contributed by atoms with E-state index in [-0.39, 0.29) is 30.8 Å². The molecular formula is C27H39N3O4S. The number of carbonyl (C=O) groups is 2. The van der Waals surface area contributed by atoms with Crippen molar-refractivity contribution < 1.29 is 18.0 Å². The lowest BCUT2D eigenvalue weighted by Crippen LogP contribution is -2.49. The molecule has 2 aromatic carbocycles. The van der Waals surface area contributed by atoms with Crippen molar-refractivity contribution in [1.29, 1.82) is 0 Å². The highest BCUT2D eigenvalue weighted by Gasteiger charge is 2.27. The van der Waals surface area contributed by atoms with Gasteiger partial charge in [-0.25, -0.2) is 8.42 Å². The third-order valence-electron chi connectivity index (χ3n) is 6.03. The van der Waals surface area contributed by atoms with Crippen molar-refractivity contribution in [2.24, 2.45) is 0 Å². The number of nitrogens with one attached hydrogen (secondary N) is 1. The predicted octanol–water partition coefficient (Wildman–Crippen LogP) is 4.10. The highest BCUT2D eigenvalue weighted by Crippen LogP contribution is 2.25. The SMILES string of the molecule is Cc1cccc(CN(C(=O)CCCN(c2cccc(C)c2C)S(C)(=O)=O)C(C)C(=O)NC(C)C)c1. The van der Waals surface area contributed by atoms with Crippen LogP contribution in [0.15, 0.2) is 42.5 Å². The van der Waals surface area contributed by atoms with Crippen molar-refractivity contribution in [3.8, 4) is 0 Å². The van der Waals surface area contributed by atoms with E-state index in [4.69, 9.17) is 0 Å². The first-order valence-corrected chi connectivity index (χ1v) is 13.9. The van der Waals surface area contributed by atoms with Crippen LogP contribution in [0.1, 0.15) is 55.9 Å². The number of carbonyl (C=O) groups excluding carboxylic acids is 2. The third kappa shape index (κ3) is 8.09. The van der Waals surface area contributed by atoms with Gasteiger partial charge in [0.25, 0.3) is 0 Å².